The number of hydrazone groups is 1. The van der Waals surface area contributed by atoms with Crippen LogP contribution in [-0.4, -0.2) is 28.9 Å². The van der Waals surface area contributed by atoms with Gasteiger partial charge in [0.15, 0.2) is 0 Å². The maximum atomic E-state index is 11.4. The van der Waals surface area contributed by atoms with Gasteiger partial charge in [0.25, 0.3) is 0 Å². The van der Waals surface area contributed by atoms with Crippen LogP contribution in [-0.2, 0) is 16.0 Å². The topological polar surface area (TPSA) is 83.8 Å². The van der Waals surface area contributed by atoms with Gasteiger partial charge in [0.05, 0.1) is 24.9 Å². The van der Waals surface area contributed by atoms with Crippen LogP contribution in [0.4, 0.5) is 5.13 Å². The quantitative estimate of drug-likeness (QED) is 0.462. The first kappa shape index (κ1) is 18.2. The molecular formula is C16H18ClN3O3S. The fourth-order valence-electron chi connectivity index (χ4n) is 2.07. The number of halogens is 1. The summed E-state index contributed by atoms with van der Waals surface area (Å²) in [6.07, 6.45) is 1.62. The van der Waals surface area contributed by atoms with Gasteiger partial charge < -0.3 is 9.84 Å². The first-order valence-electron chi connectivity index (χ1n) is 7.30. The Morgan fingerprint density at radius 2 is 2.29 bits per heavy atom. The number of carbonyl (C=O) groups excluding carboxylic acids is 1. The number of nitrogens with one attached hydrogen (secondary N) is 1. The second kappa shape index (κ2) is 8.12. The standard InChI is InChI=1S/C16H18ClN3O3S/c1-4-23-14(22)6-11-8-24-16(19-11)20-18-7-12-10(3)15(17)9(2)5-13(12)21/h5,7-8,21H,4,6H2,1-3H3,(H,19,20). The average molecular weight is 368 g/mol. The van der Waals surface area contributed by atoms with Gasteiger partial charge in [-0.1, -0.05) is 11.6 Å². The lowest BCUT2D eigenvalue weighted by Crippen LogP contribution is -2.07. The number of rotatable bonds is 6. The van der Waals surface area contributed by atoms with Crippen LogP contribution in [0, 0.1) is 13.8 Å². The zero-order valence-corrected chi connectivity index (χ0v) is 15.2. The molecule has 1 aromatic heterocycles. The van der Waals surface area contributed by atoms with Crippen molar-refractivity contribution >= 4 is 40.3 Å². The van der Waals surface area contributed by atoms with Crippen LogP contribution in [0.2, 0.25) is 5.02 Å². The summed E-state index contributed by atoms with van der Waals surface area (Å²) in [6.45, 7) is 5.75. The Balaban J connectivity index is 2.04. The maximum absolute atomic E-state index is 11.4. The minimum absolute atomic E-state index is 0.113. The van der Waals surface area contributed by atoms with Crippen molar-refractivity contribution in [1.82, 2.24) is 4.98 Å². The van der Waals surface area contributed by atoms with E-state index >= 15 is 0 Å². The van der Waals surface area contributed by atoms with Gasteiger partial charge in [0.1, 0.15) is 5.75 Å². The number of aryl methyl sites for hydroxylation is 1. The Morgan fingerprint density at radius 1 is 1.54 bits per heavy atom. The predicted molar refractivity (Wildman–Crippen MR) is 96.3 cm³/mol. The van der Waals surface area contributed by atoms with E-state index in [9.17, 15) is 9.90 Å². The highest BCUT2D eigenvalue weighted by Crippen LogP contribution is 2.29. The molecule has 6 nitrogen and oxygen atoms in total. The Bertz CT molecular complexity index is 774. The van der Waals surface area contributed by atoms with Gasteiger partial charge in [-0.15, -0.1) is 11.3 Å². The van der Waals surface area contributed by atoms with Crippen LogP contribution < -0.4 is 5.43 Å². The Kier molecular flexibility index (Phi) is 6.16. The number of nitrogens with zero attached hydrogens (tertiary/aromatic N) is 2. The molecule has 0 saturated carbocycles. The molecule has 24 heavy (non-hydrogen) atoms. The highest BCUT2D eigenvalue weighted by atomic mass is 35.5. The van der Waals surface area contributed by atoms with Gasteiger partial charge in [-0.25, -0.2) is 4.98 Å². The second-order valence-corrected chi connectivity index (χ2v) is 6.30. The predicted octanol–water partition coefficient (Wildman–Crippen LogP) is 3.67. The first-order valence-corrected chi connectivity index (χ1v) is 8.55. The molecule has 2 N–H and O–H groups in total. The van der Waals surface area contributed by atoms with Gasteiger partial charge in [-0.3, -0.25) is 10.2 Å². The van der Waals surface area contributed by atoms with E-state index in [-0.39, 0.29) is 18.1 Å². The molecule has 0 unspecified atom stereocenters. The number of phenols is 1. The Labute approximate surface area is 149 Å². The summed E-state index contributed by atoms with van der Waals surface area (Å²) in [4.78, 5) is 15.7. The van der Waals surface area contributed by atoms with Crippen molar-refractivity contribution < 1.29 is 14.6 Å². The molecule has 0 amide bonds. The van der Waals surface area contributed by atoms with Gasteiger partial charge in [-0.05, 0) is 38.0 Å². The van der Waals surface area contributed by atoms with Crippen LogP contribution in [0.25, 0.3) is 0 Å². The number of thiazole rings is 1. The smallest absolute Gasteiger partial charge is 0.311 e. The zero-order chi connectivity index (χ0) is 17.7. The highest BCUT2D eigenvalue weighted by molar-refractivity contribution is 7.13. The van der Waals surface area contributed by atoms with E-state index in [0.29, 0.717) is 28.0 Å². The molecule has 0 spiro atoms. The number of aromatic hydroxyl groups is 1. The lowest BCUT2D eigenvalue weighted by atomic mass is 10.1. The van der Waals surface area contributed by atoms with Crippen molar-refractivity contribution in [3.63, 3.8) is 0 Å². The molecule has 0 bridgehead atoms. The van der Waals surface area contributed by atoms with Crippen molar-refractivity contribution in [2.75, 3.05) is 12.0 Å². The molecule has 0 atom stereocenters. The molecule has 0 fully saturated rings. The highest BCUT2D eigenvalue weighted by Gasteiger charge is 2.10. The largest absolute Gasteiger partial charge is 0.507 e. The van der Waals surface area contributed by atoms with Gasteiger partial charge >= 0.3 is 5.97 Å². The normalized spacial score (nSPS) is 11.0. The van der Waals surface area contributed by atoms with Crippen molar-refractivity contribution in [3.8, 4) is 5.75 Å². The lowest BCUT2D eigenvalue weighted by molar-refractivity contribution is -0.142. The summed E-state index contributed by atoms with van der Waals surface area (Å²) >= 11 is 7.51. The summed E-state index contributed by atoms with van der Waals surface area (Å²) in [6, 6.07) is 1.59. The zero-order valence-electron chi connectivity index (χ0n) is 13.6. The van der Waals surface area contributed by atoms with Crippen molar-refractivity contribution in [1.29, 1.82) is 0 Å². The summed E-state index contributed by atoms with van der Waals surface area (Å²) < 4.78 is 4.88. The minimum atomic E-state index is -0.312. The fraction of sp³-hybridized carbons (Fsp3) is 0.312. The van der Waals surface area contributed by atoms with E-state index in [4.69, 9.17) is 16.3 Å². The second-order valence-electron chi connectivity index (χ2n) is 5.06. The van der Waals surface area contributed by atoms with Crippen LogP contribution in [0.1, 0.15) is 29.3 Å². The van der Waals surface area contributed by atoms with Crippen molar-refractivity contribution in [3.05, 3.63) is 38.9 Å². The number of ether oxygens (including phenoxy) is 1. The molecular weight excluding hydrogens is 350 g/mol. The molecule has 1 heterocycles. The molecule has 0 aliphatic heterocycles. The van der Waals surface area contributed by atoms with Crippen LogP contribution in [0.5, 0.6) is 5.75 Å². The third-order valence-corrected chi connectivity index (χ3v) is 4.62. The third-order valence-electron chi connectivity index (χ3n) is 3.25. The average Bonchev–Trinajstić information content (AvgIpc) is 2.96. The first-order chi connectivity index (χ1) is 11.4. The van der Waals surface area contributed by atoms with Gasteiger partial charge in [-0.2, -0.15) is 5.10 Å². The molecule has 1 aromatic carbocycles. The molecule has 0 saturated heterocycles. The molecule has 8 heteroatoms. The number of phenolic OH excluding ortho intramolecular Hbond substituents is 1. The molecule has 128 valence electrons. The number of esters is 1. The fourth-order valence-corrected chi connectivity index (χ4v) is 2.88. The minimum Gasteiger partial charge on any atom is -0.507 e. The number of hydrogen-bond donors (Lipinski definition) is 2. The van der Waals surface area contributed by atoms with E-state index < -0.39 is 0 Å². The van der Waals surface area contributed by atoms with E-state index in [1.54, 1.807) is 18.4 Å². The van der Waals surface area contributed by atoms with Gasteiger partial charge in [0.2, 0.25) is 5.13 Å². The number of hydrogen-bond acceptors (Lipinski definition) is 7. The van der Waals surface area contributed by atoms with E-state index in [1.807, 2.05) is 13.8 Å². The number of anilines is 1. The summed E-state index contributed by atoms with van der Waals surface area (Å²) in [7, 11) is 0. The molecule has 2 rings (SSSR count). The SMILES string of the molecule is CCOC(=O)Cc1csc(NN=Cc2c(O)cc(C)c(Cl)c2C)n1. The third kappa shape index (κ3) is 4.46. The number of aromatic nitrogens is 1. The van der Waals surface area contributed by atoms with E-state index in [0.717, 1.165) is 11.1 Å². The van der Waals surface area contributed by atoms with Crippen molar-refractivity contribution in [2.45, 2.75) is 27.2 Å². The number of benzene rings is 1. The van der Waals surface area contributed by atoms with E-state index in [2.05, 4.69) is 15.5 Å². The Morgan fingerprint density at radius 3 is 3.00 bits per heavy atom. The maximum Gasteiger partial charge on any atom is 0.311 e. The monoisotopic (exact) mass is 367 g/mol. The summed E-state index contributed by atoms with van der Waals surface area (Å²) in [5.74, 6) is -0.199. The van der Waals surface area contributed by atoms with Crippen LogP contribution in [0.15, 0.2) is 16.5 Å². The number of carbonyl (C=O) groups is 1. The summed E-state index contributed by atoms with van der Waals surface area (Å²) in [5, 5.41) is 17.0. The van der Waals surface area contributed by atoms with Crippen LogP contribution >= 0.6 is 22.9 Å². The molecule has 2 aromatic rings. The van der Waals surface area contributed by atoms with Crippen molar-refractivity contribution in [2.24, 2.45) is 5.10 Å². The van der Waals surface area contributed by atoms with Gasteiger partial charge in [0, 0.05) is 16.0 Å². The van der Waals surface area contributed by atoms with E-state index in [1.165, 1.54) is 17.6 Å². The van der Waals surface area contributed by atoms with Crippen LogP contribution in [0.3, 0.4) is 0 Å². The Hall–Kier alpha value is -2.12. The molecule has 0 radical (unpaired) electrons. The summed E-state index contributed by atoms with van der Waals surface area (Å²) in [5.41, 5.74) is 5.50. The lowest BCUT2D eigenvalue weighted by Gasteiger charge is -2.08. The molecule has 0 aliphatic carbocycles. The molecule has 0 aliphatic rings.